The van der Waals surface area contributed by atoms with Gasteiger partial charge < -0.3 is 15.2 Å². The van der Waals surface area contributed by atoms with Gasteiger partial charge in [-0.25, -0.2) is 0 Å². The number of likely N-dealkylation sites (tertiary alicyclic amines) is 1. The van der Waals surface area contributed by atoms with Crippen molar-refractivity contribution in [2.24, 2.45) is 5.92 Å². The third-order valence-electron chi connectivity index (χ3n) is 6.32. The summed E-state index contributed by atoms with van der Waals surface area (Å²) < 4.78 is 0. The summed E-state index contributed by atoms with van der Waals surface area (Å²) in [7, 11) is 0. The van der Waals surface area contributed by atoms with E-state index >= 15 is 0 Å². The summed E-state index contributed by atoms with van der Waals surface area (Å²) >= 11 is 0. The normalized spacial score (nSPS) is 22.0. The fraction of sp³-hybridized carbons (Fsp3) is 0.280. The molecular formula is C25H25N3O2. The molecule has 0 bridgehead atoms. The molecule has 152 valence electrons. The molecular weight excluding hydrogens is 374 g/mol. The number of β-lactam (4-membered cyclic amide) rings is 1. The number of H-pyrrole nitrogens is 1. The Hall–Kier alpha value is -3.34. The Kier molecular flexibility index (Phi) is 4.87. The van der Waals surface area contributed by atoms with Crippen LogP contribution in [0.3, 0.4) is 0 Å². The summed E-state index contributed by atoms with van der Waals surface area (Å²) in [6.45, 7) is 0. The Bertz CT molecular complexity index is 1100. The molecule has 0 unspecified atom stereocenters. The first-order valence-electron chi connectivity index (χ1n) is 10.6. The molecule has 1 aliphatic carbocycles. The molecule has 0 saturated carbocycles. The first-order chi connectivity index (χ1) is 14.7. The number of benzene rings is 2. The van der Waals surface area contributed by atoms with Crippen molar-refractivity contribution in [3.05, 3.63) is 78.5 Å². The van der Waals surface area contributed by atoms with Crippen molar-refractivity contribution in [3.8, 4) is 0 Å². The molecule has 5 rings (SSSR count). The number of anilines is 1. The number of fused-ring (bicyclic) bond motifs is 1. The van der Waals surface area contributed by atoms with E-state index in [0.717, 1.165) is 41.4 Å². The molecule has 5 heteroatoms. The topological polar surface area (TPSA) is 65.2 Å². The lowest BCUT2D eigenvalue weighted by Gasteiger charge is -2.48. The highest BCUT2D eigenvalue weighted by molar-refractivity contribution is 6.00. The van der Waals surface area contributed by atoms with E-state index in [9.17, 15) is 9.59 Å². The molecule has 0 radical (unpaired) electrons. The van der Waals surface area contributed by atoms with E-state index in [1.165, 1.54) is 0 Å². The number of nitrogens with zero attached hydrogens (tertiary/aromatic N) is 1. The van der Waals surface area contributed by atoms with E-state index in [4.69, 9.17) is 0 Å². The second-order valence-electron chi connectivity index (χ2n) is 8.19. The molecule has 30 heavy (non-hydrogen) atoms. The highest BCUT2D eigenvalue weighted by Gasteiger charge is 2.47. The number of aromatic nitrogens is 1. The van der Waals surface area contributed by atoms with E-state index in [1.807, 2.05) is 65.7 Å². The summed E-state index contributed by atoms with van der Waals surface area (Å²) in [6.07, 6.45) is 9.33. The Morgan fingerprint density at radius 2 is 1.97 bits per heavy atom. The van der Waals surface area contributed by atoms with Crippen LogP contribution in [0.15, 0.2) is 72.9 Å². The van der Waals surface area contributed by atoms with Crippen LogP contribution in [-0.2, 0) is 9.59 Å². The lowest BCUT2D eigenvalue weighted by Crippen LogP contribution is -2.59. The summed E-state index contributed by atoms with van der Waals surface area (Å²) in [4.78, 5) is 31.2. The molecule has 3 atom stereocenters. The average Bonchev–Trinajstić information content (AvgIpc) is 3.24. The van der Waals surface area contributed by atoms with Gasteiger partial charge in [-0.2, -0.15) is 0 Å². The van der Waals surface area contributed by atoms with Crippen molar-refractivity contribution < 1.29 is 9.59 Å². The van der Waals surface area contributed by atoms with Crippen molar-refractivity contribution in [1.82, 2.24) is 9.88 Å². The van der Waals surface area contributed by atoms with Crippen LogP contribution in [-0.4, -0.2) is 27.7 Å². The van der Waals surface area contributed by atoms with Crippen LogP contribution >= 0.6 is 0 Å². The lowest BCUT2D eigenvalue weighted by atomic mass is 9.81. The van der Waals surface area contributed by atoms with E-state index in [0.29, 0.717) is 6.42 Å². The minimum absolute atomic E-state index is 0.0347. The average molecular weight is 399 g/mol. The zero-order valence-corrected chi connectivity index (χ0v) is 16.8. The van der Waals surface area contributed by atoms with Crippen molar-refractivity contribution >= 4 is 28.4 Å². The Labute approximate surface area is 175 Å². The minimum atomic E-state index is -0.469. The van der Waals surface area contributed by atoms with E-state index < -0.39 is 6.04 Å². The van der Waals surface area contributed by atoms with Gasteiger partial charge in [0.05, 0.1) is 12.5 Å². The molecule has 1 aromatic heterocycles. The molecule has 2 aromatic carbocycles. The summed E-state index contributed by atoms with van der Waals surface area (Å²) in [5, 5.41) is 4.14. The maximum atomic E-state index is 13.5. The smallest absolute Gasteiger partial charge is 0.247 e. The number of carbonyl (C=O) groups is 2. The van der Waals surface area contributed by atoms with Gasteiger partial charge in [-0.15, -0.1) is 0 Å². The SMILES string of the molecule is O=C(Nc1ccc2[nH]ccc2c1)[C@H]([C@@H]1CC=CCC1)N1C(=O)C[C@H]1c1ccccc1. The predicted molar refractivity (Wildman–Crippen MR) is 118 cm³/mol. The monoisotopic (exact) mass is 399 g/mol. The molecule has 2 aliphatic rings. The van der Waals surface area contributed by atoms with Crippen LogP contribution in [0.4, 0.5) is 5.69 Å². The van der Waals surface area contributed by atoms with Gasteiger partial charge in [0.25, 0.3) is 0 Å². The lowest BCUT2D eigenvalue weighted by molar-refractivity contribution is -0.157. The standard InChI is InChI=1S/C25H25N3O2/c29-23-16-22(17-7-3-1-4-8-17)28(23)24(18-9-5-2-6-10-18)25(30)27-20-11-12-21-19(15-20)13-14-26-21/h1-5,7-8,11-15,18,22,24,26H,6,9-10,16H2,(H,27,30)/t18-,22+,24+/m1/s1. The summed E-state index contributed by atoms with van der Waals surface area (Å²) in [6, 6.07) is 17.3. The van der Waals surface area contributed by atoms with Gasteiger partial charge in [-0.3, -0.25) is 9.59 Å². The summed E-state index contributed by atoms with van der Waals surface area (Å²) in [5.74, 6) is 0.0836. The second-order valence-corrected chi connectivity index (χ2v) is 8.19. The Morgan fingerprint density at radius 1 is 1.10 bits per heavy atom. The van der Waals surface area contributed by atoms with Gasteiger partial charge in [0.15, 0.2) is 0 Å². The van der Waals surface area contributed by atoms with Crippen LogP contribution in [0.5, 0.6) is 0 Å². The van der Waals surface area contributed by atoms with Crippen LogP contribution in [0.2, 0.25) is 0 Å². The molecule has 2 heterocycles. The van der Waals surface area contributed by atoms with Gasteiger partial charge in [0, 0.05) is 22.8 Å². The van der Waals surface area contributed by atoms with Gasteiger partial charge >= 0.3 is 0 Å². The van der Waals surface area contributed by atoms with Crippen LogP contribution in [0.1, 0.15) is 37.3 Å². The van der Waals surface area contributed by atoms with Gasteiger partial charge in [-0.05, 0) is 55.0 Å². The van der Waals surface area contributed by atoms with E-state index in [2.05, 4.69) is 22.5 Å². The molecule has 0 spiro atoms. The Balaban J connectivity index is 1.44. The fourth-order valence-electron chi connectivity index (χ4n) is 4.75. The fourth-order valence-corrected chi connectivity index (χ4v) is 4.75. The number of hydrogen-bond donors (Lipinski definition) is 2. The first kappa shape index (κ1) is 18.7. The van der Waals surface area contributed by atoms with Crippen molar-refractivity contribution in [1.29, 1.82) is 0 Å². The largest absolute Gasteiger partial charge is 0.361 e. The highest BCUT2D eigenvalue weighted by Crippen LogP contribution is 2.40. The molecule has 3 aromatic rings. The van der Waals surface area contributed by atoms with Gasteiger partial charge in [-0.1, -0.05) is 42.5 Å². The molecule has 1 saturated heterocycles. The highest BCUT2D eigenvalue weighted by atomic mass is 16.2. The van der Waals surface area contributed by atoms with Crippen molar-refractivity contribution in [2.75, 3.05) is 5.32 Å². The number of rotatable bonds is 5. The minimum Gasteiger partial charge on any atom is -0.361 e. The Morgan fingerprint density at radius 3 is 2.73 bits per heavy atom. The maximum absolute atomic E-state index is 13.5. The molecule has 2 amide bonds. The second kappa shape index (κ2) is 7.82. The number of amides is 2. The quantitative estimate of drug-likeness (QED) is 0.478. The summed E-state index contributed by atoms with van der Waals surface area (Å²) in [5.41, 5.74) is 2.88. The van der Waals surface area contributed by atoms with Crippen LogP contribution in [0.25, 0.3) is 10.9 Å². The van der Waals surface area contributed by atoms with Gasteiger partial charge in [0.2, 0.25) is 11.8 Å². The maximum Gasteiger partial charge on any atom is 0.247 e. The zero-order valence-electron chi connectivity index (χ0n) is 16.8. The first-order valence-corrected chi connectivity index (χ1v) is 10.6. The number of aromatic amines is 1. The van der Waals surface area contributed by atoms with Crippen molar-refractivity contribution in [3.63, 3.8) is 0 Å². The van der Waals surface area contributed by atoms with Crippen molar-refractivity contribution in [2.45, 2.75) is 37.8 Å². The van der Waals surface area contributed by atoms with Gasteiger partial charge in [0.1, 0.15) is 6.04 Å². The number of allylic oxidation sites excluding steroid dienone is 2. The third kappa shape index (κ3) is 3.41. The van der Waals surface area contributed by atoms with E-state index in [1.54, 1.807) is 0 Å². The van der Waals surface area contributed by atoms with E-state index in [-0.39, 0.29) is 23.8 Å². The predicted octanol–water partition coefficient (Wildman–Crippen LogP) is 4.80. The number of carbonyl (C=O) groups excluding carboxylic acids is 2. The molecule has 1 fully saturated rings. The molecule has 2 N–H and O–H groups in total. The number of hydrogen-bond acceptors (Lipinski definition) is 2. The number of nitrogens with one attached hydrogen (secondary N) is 2. The van der Waals surface area contributed by atoms with Crippen LogP contribution in [0, 0.1) is 5.92 Å². The third-order valence-corrected chi connectivity index (χ3v) is 6.32. The molecule has 1 aliphatic heterocycles. The van der Waals surface area contributed by atoms with Crippen LogP contribution < -0.4 is 5.32 Å². The zero-order chi connectivity index (χ0) is 20.5. The molecule has 5 nitrogen and oxygen atoms in total.